The summed E-state index contributed by atoms with van der Waals surface area (Å²) in [6.45, 7) is 1.80. The molecule has 10 heteroatoms. The van der Waals surface area contributed by atoms with Crippen LogP contribution in [-0.4, -0.2) is 59.8 Å². The van der Waals surface area contributed by atoms with Crippen LogP contribution >= 0.6 is 11.8 Å². The van der Waals surface area contributed by atoms with Crippen LogP contribution in [0.5, 0.6) is 11.5 Å². The highest BCUT2D eigenvalue weighted by Crippen LogP contribution is 2.30. The van der Waals surface area contributed by atoms with Crippen molar-refractivity contribution in [3.05, 3.63) is 48.5 Å². The monoisotopic (exact) mass is 456 g/mol. The van der Waals surface area contributed by atoms with Crippen LogP contribution in [-0.2, 0) is 14.3 Å². The Balaban J connectivity index is 1.86. The molecule has 1 heterocycles. The van der Waals surface area contributed by atoms with Gasteiger partial charge in [-0.2, -0.15) is 0 Å². The van der Waals surface area contributed by atoms with Crippen LogP contribution in [0.1, 0.15) is 6.92 Å². The summed E-state index contributed by atoms with van der Waals surface area (Å²) in [7, 11) is 3.20. The van der Waals surface area contributed by atoms with Gasteiger partial charge >= 0.3 is 5.97 Å². The summed E-state index contributed by atoms with van der Waals surface area (Å²) in [6.07, 6.45) is 0. The van der Waals surface area contributed by atoms with Crippen molar-refractivity contribution in [2.24, 2.45) is 0 Å². The van der Waals surface area contributed by atoms with Gasteiger partial charge in [-0.15, -0.1) is 10.2 Å². The summed E-state index contributed by atoms with van der Waals surface area (Å²) in [5.41, 5.74) is 1.62. The number of carbonyl (C=O) groups is 2. The number of nitrogens with zero attached hydrogens (tertiary/aromatic N) is 3. The van der Waals surface area contributed by atoms with Crippen LogP contribution in [0.15, 0.2) is 53.7 Å². The number of carbonyl (C=O) groups excluding carboxylic acids is 2. The number of amides is 1. The molecule has 168 valence electrons. The van der Waals surface area contributed by atoms with Gasteiger partial charge in [0.2, 0.25) is 5.91 Å². The van der Waals surface area contributed by atoms with E-state index < -0.39 is 5.97 Å². The van der Waals surface area contributed by atoms with Crippen molar-refractivity contribution in [3.63, 3.8) is 0 Å². The van der Waals surface area contributed by atoms with E-state index in [1.807, 2.05) is 53.1 Å². The molecule has 9 nitrogen and oxygen atoms in total. The fourth-order valence-electron chi connectivity index (χ4n) is 2.84. The number of methoxy groups -OCH3 is 2. The topological polar surface area (TPSA) is 105 Å². The summed E-state index contributed by atoms with van der Waals surface area (Å²) < 4.78 is 17.3. The van der Waals surface area contributed by atoms with Crippen molar-refractivity contribution >= 4 is 23.6 Å². The second-order valence-corrected chi connectivity index (χ2v) is 7.38. The number of hydrogen-bond acceptors (Lipinski definition) is 8. The molecule has 1 N–H and O–H groups in total. The number of thioether (sulfide) groups is 1. The van der Waals surface area contributed by atoms with Crippen molar-refractivity contribution in [3.8, 4) is 28.6 Å². The van der Waals surface area contributed by atoms with Crippen LogP contribution in [0, 0.1) is 0 Å². The molecule has 2 aromatic carbocycles. The van der Waals surface area contributed by atoms with Crippen LogP contribution in [0.4, 0.5) is 0 Å². The van der Waals surface area contributed by atoms with Gasteiger partial charge in [-0.05, 0) is 43.3 Å². The third kappa shape index (κ3) is 5.79. The third-order valence-corrected chi connectivity index (χ3v) is 5.29. The molecule has 0 bridgehead atoms. The Morgan fingerprint density at radius 2 is 1.78 bits per heavy atom. The summed E-state index contributed by atoms with van der Waals surface area (Å²) in [4.78, 5) is 23.6. The molecule has 3 rings (SSSR count). The molecule has 0 saturated carbocycles. The highest BCUT2D eigenvalue weighted by atomic mass is 32.2. The molecule has 0 aliphatic rings. The van der Waals surface area contributed by atoms with Gasteiger partial charge in [0.05, 0.1) is 26.6 Å². The van der Waals surface area contributed by atoms with E-state index in [1.165, 1.54) is 11.8 Å². The Kier molecular flexibility index (Phi) is 8.09. The molecular formula is C22H24N4O5S. The van der Waals surface area contributed by atoms with Gasteiger partial charge in [0, 0.05) is 11.3 Å². The third-order valence-electron chi connectivity index (χ3n) is 4.36. The van der Waals surface area contributed by atoms with Crippen LogP contribution in [0.2, 0.25) is 0 Å². The minimum absolute atomic E-state index is 0.0613. The van der Waals surface area contributed by atoms with Crippen molar-refractivity contribution in [1.29, 1.82) is 0 Å². The van der Waals surface area contributed by atoms with Gasteiger partial charge in [0.15, 0.2) is 11.0 Å². The zero-order valence-electron chi connectivity index (χ0n) is 18.0. The van der Waals surface area contributed by atoms with E-state index in [-0.39, 0.29) is 24.8 Å². The quantitative estimate of drug-likeness (QED) is 0.367. The smallest absolute Gasteiger partial charge is 0.325 e. The first-order chi connectivity index (χ1) is 15.5. The maximum atomic E-state index is 12.2. The zero-order valence-corrected chi connectivity index (χ0v) is 18.8. The van der Waals surface area contributed by atoms with E-state index in [9.17, 15) is 9.59 Å². The minimum atomic E-state index is -0.479. The average molecular weight is 457 g/mol. The van der Waals surface area contributed by atoms with Crippen molar-refractivity contribution < 1.29 is 23.8 Å². The summed E-state index contributed by atoms with van der Waals surface area (Å²) in [6, 6.07) is 14.9. The highest BCUT2D eigenvalue weighted by molar-refractivity contribution is 7.99. The lowest BCUT2D eigenvalue weighted by atomic mass is 10.2. The van der Waals surface area contributed by atoms with E-state index in [2.05, 4.69) is 15.5 Å². The van der Waals surface area contributed by atoms with E-state index in [0.717, 1.165) is 17.0 Å². The normalized spacial score (nSPS) is 10.5. The number of ether oxygens (including phenoxy) is 3. The molecule has 0 atom stereocenters. The Bertz CT molecular complexity index is 1070. The number of nitrogens with one attached hydrogen (secondary N) is 1. The van der Waals surface area contributed by atoms with Crippen molar-refractivity contribution in [2.75, 3.05) is 33.1 Å². The molecule has 32 heavy (non-hydrogen) atoms. The van der Waals surface area contributed by atoms with Gasteiger partial charge in [-0.3, -0.25) is 14.2 Å². The molecule has 0 fully saturated rings. The second-order valence-electron chi connectivity index (χ2n) is 6.44. The van der Waals surface area contributed by atoms with E-state index in [0.29, 0.717) is 16.7 Å². The first-order valence-corrected chi connectivity index (χ1v) is 10.8. The number of benzene rings is 2. The lowest BCUT2D eigenvalue weighted by Crippen LogP contribution is -2.31. The minimum Gasteiger partial charge on any atom is -0.497 e. The fourth-order valence-corrected chi connectivity index (χ4v) is 3.62. The van der Waals surface area contributed by atoms with E-state index >= 15 is 0 Å². The zero-order chi connectivity index (χ0) is 22.9. The Morgan fingerprint density at radius 1 is 1.03 bits per heavy atom. The van der Waals surface area contributed by atoms with E-state index in [4.69, 9.17) is 14.2 Å². The Hall–Kier alpha value is -3.53. The van der Waals surface area contributed by atoms with Crippen molar-refractivity contribution in [1.82, 2.24) is 20.1 Å². The number of rotatable bonds is 10. The lowest BCUT2D eigenvalue weighted by Gasteiger charge is -2.12. The van der Waals surface area contributed by atoms with Crippen LogP contribution in [0.25, 0.3) is 17.1 Å². The Morgan fingerprint density at radius 3 is 2.47 bits per heavy atom. The molecule has 0 unspecified atom stereocenters. The molecule has 0 spiro atoms. The van der Waals surface area contributed by atoms with Crippen LogP contribution in [0.3, 0.4) is 0 Å². The largest absolute Gasteiger partial charge is 0.497 e. The average Bonchev–Trinajstić information content (AvgIpc) is 3.25. The maximum Gasteiger partial charge on any atom is 0.325 e. The standard InChI is InChI=1S/C22H24N4O5S/c1-4-31-20(28)13-23-19(27)14-32-22-25-24-21(15-6-5-7-18(12-15)30-3)26(22)16-8-10-17(29-2)11-9-16/h5-12H,4,13-14H2,1-3H3,(H,23,27). The van der Waals surface area contributed by atoms with Gasteiger partial charge in [-0.1, -0.05) is 23.9 Å². The fraction of sp³-hybridized carbons (Fsp3) is 0.273. The summed E-state index contributed by atoms with van der Waals surface area (Å²) in [5, 5.41) is 11.7. The molecule has 0 radical (unpaired) electrons. The molecule has 1 aromatic heterocycles. The number of esters is 1. The lowest BCUT2D eigenvalue weighted by molar-refractivity contribution is -0.143. The first kappa shape index (κ1) is 23.1. The van der Waals surface area contributed by atoms with Crippen molar-refractivity contribution in [2.45, 2.75) is 12.1 Å². The SMILES string of the molecule is CCOC(=O)CNC(=O)CSc1nnc(-c2cccc(OC)c2)n1-c1ccc(OC)cc1. The van der Waals surface area contributed by atoms with Gasteiger partial charge in [0.1, 0.15) is 18.0 Å². The first-order valence-electron chi connectivity index (χ1n) is 9.85. The molecular weight excluding hydrogens is 432 g/mol. The van der Waals surface area contributed by atoms with Crippen LogP contribution < -0.4 is 14.8 Å². The summed E-state index contributed by atoms with van der Waals surface area (Å²) >= 11 is 1.21. The van der Waals surface area contributed by atoms with Gasteiger partial charge in [-0.25, -0.2) is 0 Å². The molecule has 0 aliphatic heterocycles. The van der Waals surface area contributed by atoms with Gasteiger partial charge in [0.25, 0.3) is 0 Å². The predicted octanol–water partition coefficient (Wildman–Crippen LogP) is 2.72. The maximum absolute atomic E-state index is 12.2. The predicted molar refractivity (Wildman–Crippen MR) is 120 cm³/mol. The molecule has 1 amide bonds. The Labute approximate surface area is 190 Å². The highest BCUT2D eigenvalue weighted by Gasteiger charge is 2.18. The number of hydrogen-bond donors (Lipinski definition) is 1. The molecule has 3 aromatic rings. The molecule has 0 saturated heterocycles. The van der Waals surface area contributed by atoms with E-state index in [1.54, 1.807) is 21.1 Å². The molecule has 0 aliphatic carbocycles. The number of aromatic nitrogens is 3. The second kappa shape index (κ2) is 11.2. The van der Waals surface area contributed by atoms with Gasteiger partial charge < -0.3 is 19.5 Å². The summed E-state index contributed by atoms with van der Waals surface area (Å²) in [5.74, 6) is 1.29.